The van der Waals surface area contributed by atoms with E-state index in [-0.39, 0.29) is 19.3 Å². The number of ether oxygens (including phenoxy) is 2. The average molecular weight is 215 g/mol. The molecule has 1 fully saturated rings. The van der Waals surface area contributed by atoms with Crippen LogP contribution < -0.4 is 5.32 Å². The van der Waals surface area contributed by atoms with Gasteiger partial charge in [0.2, 0.25) is 0 Å². The molecule has 1 aliphatic heterocycles. The van der Waals surface area contributed by atoms with Crippen LogP contribution in [0.1, 0.15) is 13.3 Å². The van der Waals surface area contributed by atoms with E-state index in [1.54, 1.807) is 6.92 Å². The van der Waals surface area contributed by atoms with Gasteiger partial charge in [-0.25, -0.2) is 4.79 Å². The molecule has 1 amide bonds. The minimum Gasteiger partial charge on any atom is -0.445 e. The number of carbonyl (C=O) groups is 1. The third kappa shape index (κ3) is 3.21. The summed E-state index contributed by atoms with van der Waals surface area (Å²) in [5, 5.41) is 12.5. The monoisotopic (exact) mass is 215 g/mol. The molecule has 1 heterocycles. The molecule has 0 aromatic rings. The molecular formula is C10H17NO4. The Morgan fingerprint density at radius 3 is 3.13 bits per heavy atom. The number of carbonyl (C=O) groups excluding carboxylic acids is 1. The van der Waals surface area contributed by atoms with E-state index < -0.39 is 11.7 Å². The van der Waals surface area contributed by atoms with Gasteiger partial charge in [-0.2, -0.15) is 0 Å². The third-order valence-corrected chi connectivity index (χ3v) is 2.53. The van der Waals surface area contributed by atoms with Gasteiger partial charge in [0.1, 0.15) is 12.2 Å². The summed E-state index contributed by atoms with van der Waals surface area (Å²) in [6.07, 6.45) is 1.19. The molecule has 0 aliphatic carbocycles. The first-order valence-corrected chi connectivity index (χ1v) is 4.94. The smallest absolute Gasteiger partial charge is 0.407 e. The first-order chi connectivity index (χ1) is 7.08. The summed E-state index contributed by atoms with van der Waals surface area (Å²) in [6, 6.07) is 0. The third-order valence-electron chi connectivity index (χ3n) is 2.53. The molecule has 1 rings (SSSR count). The largest absolute Gasteiger partial charge is 0.445 e. The van der Waals surface area contributed by atoms with Crippen LogP contribution in [0.15, 0.2) is 12.7 Å². The van der Waals surface area contributed by atoms with Crippen LogP contribution in [0, 0.1) is 0 Å². The summed E-state index contributed by atoms with van der Waals surface area (Å²) in [5.41, 5.74) is -0.979. The maximum absolute atomic E-state index is 11.1. The second-order valence-corrected chi connectivity index (χ2v) is 3.61. The average Bonchev–Trinajstić information content (AvgIpc) is 2.54. The van der Waals surface area contributed by atoms with E-state index in [4.69, 9.17) is 9.47 Å². The highest BCUT2D eigenvalue weighted by atomic mass is 16.5. The maximum atomic E-state index is 11.1. The topological polar surface area (TPSA) is 67.8 Å². The number of rotatable bonds is 4. The highest BCUT2D eigenvalue weighted by Gasteiger charge is 2.39. The summed E-state index contributed by atoms with van der Waals surface area (Å²) in [4.78, 5) is 11.1. The Labute approximate surface area is 89.1 Å². The van der Waals surface area contributed by atoms with E-state index in [1.165, 1.54) is 6.08 Å². The molecular weight excluding hydrogens is 198 g/mol. The van der Waals surface area contributed by atoms with Crippen molar-refractivity contribution in [2.75, 3.05) is 19.8 Å². The number of hydrogen-bond donors (Lipinski definition) is 2. The van der Waals surface area contributed by atoms with Gasteiger partial charge in [-0.1, -0.05) is 12.7 Å². The lowest BCUT2D eigenvalue weighted by atomic mass is 9.97. The van der Waals surface area contributed by atoms with Crippen molar-refractivity contribution in [2.24, 2.45) is 0 Å². The Bertz CT molecular complexity index is 244. The number of aliphatic hydroxyl groups is 1. The predicted molar refractivity (Wildman–Crippen MR) is 54.5 cm³/mol. The molecule has 0 bridgehead atoms. The Balaban J connectivity index is 2.29. The zero-order valence-electron chi connectivity index (χ0n) is 8.86. The fourth-order valence-electron chi connectivity index (χ4n) is 1.41. The van der Waals surface area contributed by atoms with Gasteiger partial charge in [0, 0.05) is 13.0 Å². The zero-order valence-corrected chi connectivity index (χ0v) is 8.86. The van der Waals surface area contributed by atoms with E-state index in [0.29, 0.717) is 13.0 Å². The van der Waals surface area contributed by atoms with Crippen LogP contribution in [0.4, 0.5) is 4.79 Å². The first kappa shape index (κ1) is 12.0. The fourth-order valence-corrected chi connectivity index (χ4v) is 1.41. The van der Waals surface area contributed by atoms with Crippen molar-refractivity contribution in [2.45, 2.75) is 25.0 Å². The van der Waals surface area contributed by atoms with Crippen LogP contribution in [0.25, 0.3) is 0 Å². The summed E-state index contributed by atoms with van der Waals surface area (Å²) in [6.45, 7) is 6.02. The van der Waals surface area contributed by atoms with E-state index >= 15 is 0 Å². The highest BCUT2D eigenvalue weighted by Crippen LogP contribution is 2.24. The van der Waals surface area contributed by atoms with Gasteiger partial charge in [0.25, 0.3) is 0 Å². The molecule has 0 aromatic carbocycles. The summed E-state index contributed by atoms with van der Waals surface area (Å²) in [5.74, 6) is 0. The van der Waals surface area contributed by atoms with Crippen LogP contribution in [-0.2, 0) is 9.47 Å². The number of amides is 1. The van der Waals surface area contributed by atoms with Crippen molar-refractivity contribution in [3.8, 4) is 0 Å². The minimum absolute atomic E-state index is 0.143. The van der Waals surface area contributed by atoms with E-state index in [0.717, 1.165) is 0 Å². The van der Waals surface area contributed by atoms with Crippen molar-refractivity contribution in [3.05, 3.63) is 12.7 Å². The lowest BCUT2D eigenvalue weighted by Crippen LogP contribution is -2.47. The summed E-state index contributed by atoms with van der Waals surface area (Å²) in [7, 11) is 0. The second-order valence-electron chi connectivity index (χ2n) is 3.61. The fraction of sp³-hybridized carbons (Fsp3) is 0.700. The number of hydrogen-bond acceptors (Lipinski definition) is 4. The lowest BCUT2D eigenvalue weighted by Gasteiger charge is -2.25. The molecule has 2 unspecified atom stereocenters. The molecule has 2 N–H and O–H groups in total. The van der Waals surface area contributed by atoms with Gasteiger partial charge in [0.15, 0.2) is 0 Å². The molecule has 5 heteroatoms. The quantitative estimate of drug-likeness (QED) is 0.668. The van der Waals surface area contributed by atoms with E-state index in [1.807, 2.05) is 0 Å². The molecule has 0 saturated carbocycles. The van der Waals surface area contributed by atoms with Gasteiger partial charge in [-0.15, -0.1) is 0 Å². The van der Waals surface area contributed by atoms with Crippen molar-refractivity contribution in [1.82, 2.24) is 5.32 Å². The maximum Gasteiger partial charge on any atom is 0.407 e. The molecule has 1 aliphatic rings. The molecule has 86 valence electrons. The summed E-state index contributed by atoms with van der Waals surface area (Å²) >= 11 is 0. The van der Waals surface area contributed by atoms with Crippen LogP contribution >= 0.6 is 0 Å². The molecule has 0 aromatic heterocycles. The number of nitrogens with one attached hydrogen (secondary N) is 1. The Morgan fingerprint density at radius 2 is 2.60 bits per heavy atom. The number of alkyl carbamates (subject to hydrolysis) is 1. The Hall–Kier alpha value is -1.07. The van der Waals surface area contributed by atoms with Gasteiger partial charge in [0.05, 0.1) is 12.6 Å². The molecule has 5 nitrogen and oxygen atoms in total. The molecule has 0 spiro atoms. The van der Waals surface area contributed by atoms with Crippen LogP contribution in [0.3, 0.4) is 0 Å². The highest BCUT2D eigenvalue weighted by molar-refractivity contribution is 5.67. The second kappa shape index (κ2) is 5.14. The standard InChI is InChI=1S/C10H17NO4/c1-3-5-15-9(12)11-7-10(13)4-6-14-8(10)2/h3,8,13H,1,4-7H2,2H3,(H,11,12). The van der Waals surface area contributed by atoms with Crippen LogP contribution in [-0.4, -0.2) is 42.7 Å². The van der Waals surface area contributed by atoms with Gasteiger partial charge in [-0.05, 0) is 6.92 Å². The van der Waals surface area contributed by atoms with E-state index in [2.05, 4.69) is 11.9 Å². The molecule has 15 heavy (non-hydrogen) atoms. The zero-order chi connectivity index (χ0) is 11.3. The van der Waals surface area contributed by atoms with Gasteiger partial charge in [-0.3, -0.25) is 0 Å². The SMILES string of the molecule is C=CCOC(=O)NCC1(O)CCOC1C. The van der Waals surface area contributed by atoms with Crippen molar-refractivity contribution < 1.29 is 19.4 Å². The normalized spacial score (nSPS) is 29.9. The van der Waals surface area contributed by atoms with Crippen LogP contribution in [0.5, 0.6) is 0 Å². The van der Waals surface area contributed by atoms with Crippen LogP contribution in [0.2, 0.25) is 0 Å². The predicted octanol–water partition coefficient (Wildman–Crippen LogP) is 0.438. The Morgan fingerprint density at radius 1 is 1.87 bits per heavy atom. The van der Waals surface area contributed by atoms with E-state index in [9.17, 15) is 9.90 Å². The Kier molecular flexibility index (Phi) is 4.11. The van der Waals surface area contributed by atoms with Crippen molar-refractivity contribution in [3.63, 3.8) is 0 Å². The first-order valence-electron chi connectivity index (χ1n) is 4.94. The lowest BCUT2D eigenvalue weighted by molar-refractivity contribution is -0.0257. The molecule has 0 radical (unpaired) electrons. The van der Waals surface area contributed by atoms with Gasteiger partial charge < -0.3 is 19.9 Å². The molecule has 1 saturated heterocycles. The van der Waals surface area contributed by atoms with Crippen molar-refractivity contribution in [1.29, 1.82) is 0 Å². The van der Waals surface area contributed by atoms with Gasteiger partial charge >= 0.3 is 6.09 Å². The molecule has 2 atom stereocenters. The van der Waals surface area contributed by atoms with Crippen molar-refractivity contribution >= 4 is 6.09 Å². The minimum atomic E-state index is -0.979. The summed E-state index contributed by atoms with van der Waals surface area (Å²) < 4.78 is 9.93.